The van der Waals surface area contributed by atoms with E-state index in [1.807, 2.05) is 52.5 Å². The van der Waals surface area contributed by atoms with Crippen LogP contribution in [0.5, 0.6) is 0 Å². The predicted molar refractivity (Wildman–Crippen MR) is 68.3 cm³/mol. The van der Waals surface area contributed by atoms with Crippen molar-refractivity contribution in [1.29, 1.82) is 0 Å². The van der Waals surface area contributed by atoms with Gasteiger partial charge in [0.2, 0.25) is 0 Å². The summed E-state index contributed by atoms with van der Waals surface area (Å²) in [6.45, 7) is 0. The van der Waals surface area contributed by atoms with Crippen molar-refractivity contribution in [3.8, 4) is 11.5 Å². The Morgan fingerprint density at radius 1 is 1.24 bits per heavy atom. The van der Waals surface area contributed by atoms with Crippen LogP contribution in [0.4, 0.5) is 0 Å². The summed E-state index contributed by atoms with van der Waals surface area (Å²) in [5, 5.41) is 3.13. The molecule has 0 atom stereocenters. The van der Waals surface area contributed by atoms with Gasteiger partial charge in [-0.3, -0.25) is 4.40 Å². The fourth-order valence-electron chi connectivity index (χ4n) is 1.95. The molecule has 1 aromatic carbocycles. The predicted octanol–water partition coefficient (Wildman–Crippen LogP) is 3.81. The van der Waals surface area contributed by atoms with Gasteiger partial charge >= 0.3 is 0 Å². The molecule has 0 radical (unpaired) electrons. The first-order chi connectivity index (χ1) is 8.40. The number of hydrogen-bond donors (Lipinski definition) is 0. The van der Waals surface area contributed by atoms with Gasteiger partial charge in [-0.2, -0.15) is 0 Å². The van der Waals surface area contributed by atoms with Crippen molar-refractivity contribution in [2.75, 3.05) is 0 Å². The molecule has 17 heavy (non-hydrogen) atoms. The largest absolute Gasteiger partial charge is 0.454 e. The maximum absolute atomic E-state index is 5.78. The average molecular weight is 240 g/mol. The maximum Gasteiger partial charge on any atom is 0.194 e. The normalized spacial score (nSPS) is 11.5. The quantitative estimate of drug-likeness (QED) is 0.506. The van der Waals surface area contributed by atoms with Crippen LogP contribution in [-0.2, 0) is 0 Å². The Bertz CT molecular complexity index is 747. The van der Waals surface area contributed by atoms with Crippen molar-refractivity contribution in [3.63, 3.8) is 0 Å². The third kappa shape index (κ3) is 1.31. The molecule has 3 nitrogen and oxygen atoms in total. The molecular formula is C13H8N2OS. The minimum Gasteiger partial charge on any atom is -0.454 e. The number of aromatic nitrogens is 2. The second-order valence-corrected chi connectivity index (χ2v) is 4.74. The smallest absolute Gasteiger partial charge is 0.194 e. The van der Waals surface area contributed by atoms with Crippen molar-refractivity contribution in [1.82, 2.24) is 9.38 Å². The number of hydrogen-bond acceptors (Lipinski definition) is 3. The molecule has 0 spiro atoms. The molecule has 0 saturated heterocycles. The SMILES string of the molecule is c1ccc2oc(-c3cn4ccsc4n3)cc2c1. The summed E-state index contributed by atoms with van der Waals surface area (Å²) in [5.74, 6) is 0.821. The van der Waals surface area contributed by atoms with E-state index in [-0.39, 0.29) is 0 Å². The van der Waals surface area contributed by atoms with Crippen LogP contribution in [0.2, 0.25) is 0 Å². The lowest BCUT2D eigenvalue weighted by molar-refractivity contribution is 0.629. The summed E-state index contributed by atoms with van der Waals surface area (Å²) in [6.07, 6.45) is 3.99. The highest BCUT2D eigenvalue weighted by atomic mass is 32.1. The number of rotatable bonds is 1. The first-order valence-electron chi connectivity index (χ1n) is 5.31. The van der Waals surface area contributed by atoms with E-state index in [1.165, 1.54) is 0 Å². The Labute approximate surface area is 101 Å². The summed E-state index contributed by atoms with van der Waals surface area (Å²) in [4.78, 5) is 5.51. The molecule has 0 N–H and O–H groups in total. The zero-order valence-corrected chi connectivity index (χ0v) is 9.65. The number of thiazole rings is 1. The van der Waals surface area contributed by atoms with Gasteiger partial charge in [-0.15, -0.1) is 11.3 Å². The summed E-state index contributed by atoms with van der Waals surface area (Å²) < 4.78 is 7.79. The highest BCUT2D eigenvalue weighted by molar-refractivity contribution is 7.15. The van der Waals surface area contributed by atoms with Crippen LogP contribution in [0.1, 0.15) is 0 Å². The monoisotopic (exact) mass is 240 g/mol. The first-order valence-corrected chi connectivity index (χ1v) is 6.19. The molecule has 82 valence electrons. The van der Waals surface area contributed by atoms with Crippen LogP contribution in [0, 0.1) is 0 Å². The lowest BCUT2D eigenvalue weighted by atomic mass is 10.2. The molecule has 0 aliphatic rings. The Morgan fingerprint density at radius 3 is 3.06 bits per heavy atom. The average Bonchev–Trinajstić information content (AvgIpc) is 3.01. The molecule has 4 aromatic rings. The van der Waals surface area contributed by atoms with Gasteiger partial charge in [-0.05, 0) is 12.1 Å². The van der Waals surface area contributed by atoms with E-state index in [4.69, 9.17) is 4.42 Å². The fraction of sp³-hybridized carbons (Fsp3) is 0. The molecule has 0 bridgehead atoms. The van der Waals surface area contributed by atoms with E-state index in [0.29, 0.717) is 0 Å². The van der Waals surface area contributed by atoms with Gasteiger partial charge < -0.3 is 4.42 Å². The van der Waals surface area contributed by atoms with E-state index in [1.54, 1.807) is 11.3 Å². The molecule has 0 saturated carbocycles. The van der Waals surface area contributed by atoms with Crippen LogP contribution in [-0.4, -0.2) is 9.38 Å². The first kappa shape index (κ1) is 9.01. The molecule has 0 unspecified atom stereocenters. The van der Waals surface area contributed by atoms with Crippen LogP contribution in [0.25, 0.3) is 27.4 Å². The van der Waals surface area contributed by atoms with Crippen molar-refractivity contribution >= 4 is 27.3 Å². The minimum absolute atomic E-state index is 0.821. The van der Waals surface area contributed by atoms with Crippen molar-refractivity contribution in [2.24, 2.45) is 0 Å². The van der Waals surface area contributed by atoms with Gasteiger partial charge in [-0.1, -0.05) is 18.2 Å². The molecule has 4 rings (SSSR count). The summed E-state index contributed by atoms with van der Waals surface area (Å²) in [5.41, 5.74) is 1.78. The maximum atomic E-state index is 5.78. The minimum atomic E-state index is 0.821. The van der Waals surface area contributed by atoms with Gasteiger partial charge in [-0.25, -0.2) is 4.98 Å². The molecule has 4 heteroatoms. The van der Waals surface area contributed by atoms with Crippen molar-refractivity contribution in [2.45, 2.75) is 0 Å². The standard InChI is InChI=1S/C13H8N2OS/c1-2-4-11-9(3-1)7-12(16-11)10-8-15-5-6-17-13(15)14-10/h1-8H. The summed E-state index contributed by atoms with van der Waals surface area (Å²) in [6, 6.07) is 10.0. The Morgan fingerprint density at radius 2 is 2.18 bits per heavy atom. The van der Waals surface area contributed by atoms with Crippen molar-refractivity contribution in [3.05, 3.63) is 48.1 Å². The van der Waals surface area contributed by atoms with Crippen LogP contribution >= 0.6 is 11.3 Å². The van der Waals surface area contributed by atoms with Crippen molar-refractivity contribution < 1.29 is 4.42 Å². The Balaban J connectivity index is 1.95. The van der Waals surface area contributed by atoms with Gasteiger partial charge in [0.25, 0.3) is 0 Å². The second-order valence-electron chi connectivity index (χ2n) is 3.87. The zero-order chi connectivity index (χ0) is 11.2. The molecule has 0 aliphatic carbocycles. The number of furan rings is 1. The van der Waals surface area contributed by atoms with E-state index >= 15 is 0 Å². The van der Waals surface area contributed by atoms with Crippen LogP contribution in [0.3, 0.4) is 0 Å². The summed E-state index contributed by atoms with van der Waals surface area (Å²) in [7, 11) is 0. The molecule has 0 aliphatic heterocycles. The number of benzene rings is 1. The van der Waals surface area contributed by atoms with E-state index in [0.717, 1.165) is 27.4 Å². The van der Waals surface area contributed by atoms with Gasteiger partial charge in [0.1, 0.15) is 11.3 Å². The number of fused-ring (bicyclic) bond motifs is 2. The molecule has 0 fully saturated rings. The zero-order valence-electron chi connectivity index (χ0n) is 8.83. The highest BCUT2D eigenvalue weighted by Gasteiger charge is 2.10. The third-order valence-corrected chi connectivity index (χ3v) is 3.54. The molecule has 3 heterocycles. The second kappa shape index (κ2) is 3.21. The summed E-state index contributed by atoms with van der Waals surface area (Å²) >= 11 is 1.62. The van der Waals surface area contributed by atoms with Crippen LogP contribution in [0.15, 0.2) is 52.5 Å². The lowest BCUT2D eigenvalue weighted by Crippen LogP contribution is -1.70. The molecule has 3 aromatic heterocycles. The fourth-order valence-corrected chi connectivity index (χ4v) is 2.65. The van der Waals surface area contributed by atoms with E-state index in [2.05, 4.69) is 4.98 Å². The molecule has 0 amide bonds. The Hall–Kier alpha value is -2.07. The third-order valence-electron chi connectivity index (χ3n) is 2.77. The van der Waals surface area contributed by atoms with E-state index < -0.39 is 0 Å². The topological polar surface area (TPSA) is 30.4 Å². The Kier molecular flexibility index (Phi) is 1.70. The lowest BCUT2D eigenvalue weighted by Gasteiger charge is -1.86. The van der Waals surface area contributed by atoms with Gasteiger partial charge in [0, 0.05) is 23.2 Å². The van der Waals surface area contributed by atoms with Gasteiger partial charge in [0.15, 0.2) is 10.7 Å². The number of nitrogens with zero attached hydrogens (tertiary/aromatic N) is 2. The number of para-hydroxylation sites is 1. The number of imidazole rings is 1. The van der Waals surface area contributed by atoms with E-state index in [9.17, 15) is 0 Å². The van der Waals surface area contributed by atoms with Crippen LogP contribution < -0.4 is 0 Å². The van der Waals surface area contributed by atoms with Gasteiger partial charge in [0.05, 0.1) is 0 Å². The highest BCUT2D eigenvalue weighted by Crippen LogP contribution is 2.27. The molecular weight excluding hydrogens is 232 g/mol.